The zero-order valence-corrected chi connectivity index (χ0v) is 10.5. The van der Waals surface area contributed by atoms with Crippen LogP contribution in [0.2, 0.25) is 0 Å². The number of phenols is 1. The second-order valence-electron chi connectivity index (χ2n) is 4.57. The quantitative estimate of drug-likeness (QED) is 0.644. The predicted molar refractivity (Wildman–Crippen MR) is 69.4 cm³/mol. The first kappa shape index (κ1) is 13.9. The van der Waals surface area contributed by atoms with Crippen LogP contribution in [0.25, 0.3) is 0 Å². The van der Waals surface area contributed by atoms with Gasteiger partial charge in [-0.1, -0.05) is 0 Å². The van der Waals surface area contributed by atoms with Crippen LogP contribution in [0.15, 0.2) is 18.2 Å². The maximum atomic E-state index is 11.9. The van der Waals surface area contributed by atoms with Gasteiger partial charge in [0, 0.05) is 24.7 Å². The molecule has 1 heterocycles. The first-order valence-corrected chi connectivity index (χ1v) is 6.11. The smallest absolute Gasteiger partial charge is 0.339 e. The average molecular weight is 278 g/mol. The molecule has 0 saturated carbocycles. The monoisotopic (exact) mass is 278 g/mol. The molecule has 1 unspecified atom stereocenters. The Bertz CT molecular complexity index is 560. The van der Waals surface area contributed by atoms with Gasteiger partial charge in [-0.25, -0.2) is 4.79 Å². The van der Waals surface area contributed by atoms with Crippen LogP contribution in [0.3, 0.4) is 0 Å². The number of rotatable bonds is 3. The average Bonchev–Trinajstić information content (AvgIpc) is 2.39. The molecule has 1 saturated heterocycles. The number of anilines is 1. The molecule has 4 N–H and O–H groups in total. The summed E-state index contributed by atoms with van der Waals surface area (Å²) in [4.78, 5) is 33.7. The fourth-order valence-corrected chi connectivity index (χ4v) is 1.99. The van der Waals surface area contributed by atoms with E-state index in [4.69, 9.17) is 5.11 Å². The van der Waals surface area contributed by atoms with Gasteiger partial charge in [0.2, 0.25) is 11.8 Å². The van der Waals surface area contributed by atoms with E-state index in [1.54, 1.807) is 0 Å². The lowest BCUT2D eigenvalue weighted by Crippen LogP contribution is -2.40. The summed E-state index contributed by atoms with van der Waals surface area (Å²) in [5, 5.41) is 23.5. The maximum absolute atomic E-state index is 11.9. The van der Waals surface area contributed by atoms with Crippen LogP contribution < -0.4 is 10.6 Å². The summed E-state index contributed by atoms with van der Waals surface area (Å²) >= 11 is 0. The third-order valence-electron chi connectivity index (χ3n) is 3.13. The van der Waals surface area contributed by atoms with E-state index in [1.807, 2.05) is 0 Å². The molecular formula is C13H14N2O5. The summed E-state index contributed by atoms with van der Waals surface area (Å²) < 4.78 is 0. The van der Waals surface area contributed by atoms with E-state index in [-0.39, 0.29) is 29.8 Å². The summed E-state index contributed by atoms with van der Waals surface area (Å²) in [6, 6.07) is 3.81. The second kappa shape index (κ2) is 5.60. The Balaban J connectivity index is 2.03. The molecule has 2 rings (SSSR count). The number of aromatic hydroxyl groups is 1. The molecule has 0 aromatic heterocycles. The molecule has 20 heavy (non-hydrogen) atoms. The molecule has 1 aliphatic rings. The molecule has 7 nitrogen and oxygen atoms in total. The summed E-state index contributed by atoms with van der Waals surface area (Å²) in [5.41, 5.74) is 0.0855. The number of piperidine rings is 1. The van der Waals surface area contributed by atoms with Crippen LogP contribution in [0.4, 0.5) is 5.69 Å². The minimum Gasteiger partial charge on any atom is -0.507 e. The van der Waals surface area contributed by atoms with Crippen LogP contribution in [-0.2, 0) is 9.59 Å². The Morgan fingerprint density at radius 1 is 1.35 bits per heavy atom. The predicted octanol–water partition coefficient (Wildman–Crippen LogP) is 0.555. The van der Waals surface area contributed by atoms with Crippen molar-refractivity contribution in [2.45, 2.75) is 12.8 Å². The van der Waals surface area contributed by atoms with Crippen molar-refractivity contribution in [2.75, 3.05) is 11.9 Å². The minimum atomic E-state index is -1.24. The molecular weight excluding hydrogens is 264 g/mol. The normalized spacial score (nSPS) is 18.2. The molecule has 1 fully saturated rings. The number of carbonyl (C=O) groups is 3. The number of carboxylic acid groups (broad SMARTS) is 1. The molecule has 0 spiro atoms. The molecule has 1 atom stereocenters. The number of amides is 2. The lowest BCUT2D eigenvalue weighted by molar-refractivity contribution is -0.126. The fraction of sp³-hybridized carbons (Fsp3) is 0.308. The molecule has 1 aliphatic heterocycles. The van der Waals surface area contributed by atoms with Gasteiger partial charge in [-0.15, -0.1) is 0 Å². The first-order chi connectivity index (χ1) is 9.47. The Morgan fingerprint density at radius 2 is 2.10 bits per heavy atom. The van der Waals surface area contributed by atoms with Gasteiger partial charge in [0.25, 0.3) is 0 Å². The summed E-state index contributed by atoms with van der Waals surface area (Å²) in [7, 11) is 0. The Labute approximate surface area is 114 Å². The number of nitrogens with one attached hydrogen (secondary N) is 2. The van der Waals surface area contributed by atoms with Crippen LogP contribution >= 0.6 is 0 Å². The largest absolute Gasteiger partial charge is 0.507 e. The number of aromatic carboxylic acids is 1. The van der Waals surface area contributed by atoms with Crippen molar-refractivity contribution < 1.29 is 24.6 Å². The molecule has 2 amide bonds. The Hall–Kier alpha value is -2.57. The van der Waals surface area contributed by atoms with Crippen molar-refractivity contribution >= 4 is 23.5 Å². The van der Waals surface area contributed by atoms with Crippen LogP contribution in [0.1, 0.15) is 23.2 Å². The van der Waals surface area contributed by atoms with Crippen molar-refractivity contribution in [3.63, 3.8) is 0 Å². The first-order valence-electron chi connectivity index (χ1n) is 6.11. The van der Waals surface area contributed by atoms with Crippen molar-refractivity contribution in [3.8, 4) is 5.75 Å². The molecule has 1 aromatic rings. The highest BCUT2D eigenvalue weighted by Gasteiger charge is 2.24. The van der Waals surface area contributed by atoms with E-state index in [9.17, 15) is 19.5 Å². The highest BCUT2D eigenvalue weighted by molar-refractivity contribution is 5.96. The number of carboxylic acids is 1. The third-order valence-corrected chi connectivity index (χ3v) is 3.13. The van der Waals surface area contributed by atoms with Gasteiger partial charge in [0.15, 0.2) is 0 Å². The van der Waals surface area contributed by atoms with E-state index in [0.29, 0.717) is 18.5 Å². The number of benzene rings is 1. The molecule has 0 radical (unpaired) electrons. The minimum absolute atomic E-state index is 0.0718. The third kappa shape index (κ3) is 3.05. The Morgan fingerprint density at radius 3 is 2.65 bits per heavy atom. The van der Waals surface area contributed by atoms with E-state index in [1.165, 1.54) is 18.2 Å². The van der Waals surface area contributed by atoms with Crippen molar-refractivity contribution in [3.05, 3.63) is 23.8 Å². The van der Waals surface area contributed by atoms with Crippen molar-refractivity contribution in [2.24, 2.45) is 5.92 Å². The number of hydrogen-bond donors (Lipinski definition) is 4. The van der Waals surface area contributed by atoms with Crippen LogP contribution in [0.5, 0.6) is 5.75 Å². The lowest BCUT2D eigenvalue weighted by Gasteiger charge is -2.21. The zero-order valence-electron chi connectivity index (χ0n) is 10.5. The van der Waals surface area contributed by atoms with Gasteiger partial charge in [0.1, 0.15) is 11.3 Å². The van der Waals surface area contributed by atoms with Gasteiger partial charge >= 0.3 is 5.97 Å². The van der Waals surface area contributed by atoms with Crippen molar-refractivity contribution in [1.29, 1.82) is 0 Å². The molecule has 7 heteroatoms. The van der Waals surface area contributed by atoms with E-state index in [0.717, 1.165) is 0 Å². The summed E-state index contributed by atoms with van der Waals surface area (Å²) in [6.07, 6.45) is 0.776. The van der Waals surface area contributed by atoms with Crippen LogP contribution in [0, 0.1) is 5.92 Å². The SMILES string of the molecule is O=C1CCC(C(=O)Nc2ccc(C(=O)O)c(O)c2)CN1. The lowest BCUT2D eigenvalue weighted by atomic mass is 9.98. The van der Waals surface area contributed by atoms with Gasteiger partial charge in [-0.3, -0.25) is 9.59 Å². The highest BCUT2D eigenvalue weighted by Crippen LogP contribution is 2.23. The highest BCUT2D eigenvalue weighted by atomic mass is 16.4. The standard InChI is InChI=1S/C13H14N2O5/c16-10-5-8(2-3-9(10)13(19)20)15-12(18)7-1-4-11(17)14-6-7/h2-3,5,7,16H,1,4,6H2,(H,14,17)(H,15,18)(H,19,20). The van der Waals surface area contributed by atoms with Gasteiger partial charge < -0.3 is 20.8 Å². The summed E-state index contributed by atoms with van der Waals surface area (Å²) in [5.74, 6) is -2.32. The van der Waals surface area contributed by atoms with Gasteiger partial charge in [-0.2, -0.15) is 0 Å². The van der Waals surface area contributed by atoms with Gasteiger partial charge in [-0.05, 0) is 18.6 Å². The number of carbonyl (C=O) groups excluding carboxylic acids is 2. The van der Waals surface area contributed by atoms with Crippen molar-refractivity contribution in [1.82, 2.24) is 5.32 Å². The van der Waals surface area contributed by atoms with E-state index < -0.39 is 11.7 Å². The molecule has 106 valence electrons. The van der Waals surface area contributed by atoms with Crippen LogP contribution in [-0.4, -0.2) is 34.5 Å². The molecule has 0 bridgehead atoms. The zero-order chi connectivity index (χ0) is 14.7. The van der Waals surface area contributed by atoms with E-state index in [2.05, 4.69) is 10.6 Å². The van der Waals surface area contributed by atoms with Gasteiger partial charge in [0.05, 0.1) is 5.92 Å². The number of hydrogen-bond acceptors (Lipinski definition) is 4. The topological polar surface area (TPSA) is 116 Å². The summed E-state index contributed by atoms with van der Waals surface area (Å²) in [6.45, 7) is 0.282. The molecule has 0 aliphatic carbocycles. The second-order valence-corrected chi connectivity index (χ2v) is 4.57. The maximum Gasteiger partial charge on any atom is 0.339 e. The molecule has 1 aromatic carbocycles. The Kier molecular flexibility index (Phi) is 3.88. The van der Waals surface area contributed by atoms with E-state index >= 15 is 0 Å². The fourth-order valence-electron chi connectivity index (χ4n) is 1.99.